The van der Waals surface area contributed by atoms with Crippen molar-refractivity contribution in [1.82, 2.24) is 10.6 Å². The fourth-order valence-corrected chi connectivity index (χ4v) is 1.14. The summed E-state index contributed by atoms with van der Waals surface area (Å²) in [5.41, 5.74) is 4.49. The van der Waals surface area contributed by atoms with E-state index in [0.29, 0.717) is 19.4 Å². The van der Waals surface area contributed by atoms with Crippen molar-refractivity contribution in [3.63, 3.8) is 0 Å². The SMILES string of the molecule is CC(C)(C)OC(=O)N[C@H]([C]=O)CCCNC(=N)N. The van der Waals surface area contributed by atoms with Crippen LogP contribution in [0.5, 0.6) is 0 Å². The minimum absolute atomic E-state index is 0.123. The summed E-state index contributed by atoms with van der Waals surface area (Å²) in [6.45, 7) is 5.68. The van der Waals surface area contributed by atoms with Crippen LogP contribution in [0.3, 0.4) is 0 Å². The zero-order chi connectivity index (χ0) is 14.2. The smallest absolute Gasteiger partial charge is 0.408 e. The number of guanidine groups is 1. The Kier molecular flexibility index (Phi) is 6.77. The molecule has 0 rings (SSSR count). The predicted molar refractivity (Wildman–Crippen MR) is 68.0 cm³/mol. The van der Waals surface area contributed by atoms with Crippen LogP contribution < -0.4 is 16.4 Å². The third-order valence-corrected chi connectivity index (χ3v) is 1.82. The Morgan fingerprint density at radius 2 is 2.11 bits per heavy atom. The molecule has 0 saturated carbocycles. The molecule has 7 nitrogen and oxygen atoms in total. The molecule has 0 aromatic heterocycles. The first kappa shape index (κ1) is 16.2. The van der Waals surface area contributed by atoms with Crippen LogP contribution in [0.4, 0.5) is 4.79 Å². The highest BCUT2D eigenvalue weighted by Gasteiger charge is 2.19. The summed E-state index contributed by atoms with van der Waals surface area (Å²) in [5.74, 6) is -0.123. The van der Waals surface area contributed by atoms with Gasteiger partial charge < -0.3 is 21.1 Å². The topological polar surface area (TPSA) is 117 Å². The van der Waals surface area contributed by atoms with Crippen molar-refractivity contribution in [3.05, 3.63) is 0 Å². The normalized spacial score (nSPS) is 12.4. The monoisotopic (exact) mass is 257 g/mol. The Labute approximate surface area is 107 Å². The van der Waals surface area contributed by atoms with Gasteiger partial charge in [-0.3, -0.25) is 10.2 Å². The Bertz CT molecular complexity index is 299. The average Bonchev–Trinajstić information content (AvgIpc) is 2.19. The number of amides is 1. The zero-order valence-corrected chi connectivity index (χ0v) is 11.0. The van der Waals surface area contributed by atoms with Gasteiger partial charge in [0.05, 0.1) is 6.04 Å². The maximum Gasteiger partial charge on any atom is 0.408 e. The number of nitrogens with two attached hydrogens (primary N) is 1. The number of carbonyl (C=O) groups is 1. The van der Waals surface area contributed by atoms with E-state index in [-0.39, 0.29) is 5.96 Å². The third-order valence-electron chi connectivity index (χ3n) is 1.82. The van der Waals surface area contributed by atoms with Gasteiger partial charge in [0.15, 0.2) is 5.96 Å². The minimum atomic E-state index is -0.714. The Balaban J connectivity index is 3.93. The van der Waals surface area contributed by atoms with E-state index >= 15 is 0 Å². The maximum absolute atomic E-state index is 11.4. The maximum atomic E-state index is 11.4. The summed E-state index contributed by atoms with van der Waals surface area (Å²) in [5, 5.41) is 12.0. The van der Waals surface area contributed by atoms with Gasteiger partial charge in [-0.05, 0) is 33.6 Å². The van der Waals surface area contributed by atoms with Gasteiger partial charge in [0.2, 0.25) is 6.29 Å². The summed E-state index contributed by atoms with van der Waals surface area (Å²) >= 11 is 0. The van der Waals surface area contributed by atoms with Crippen LogP contribution in [0.15, 0.2) is 0 Å². The molecule has 0 aliphatic heterocycles. The first-order valence-corrected chi connectivity index (χ1v) is 5.69. The first-order valence-electron chi connectivity index (χ1n) is 5.69. The fourth-order valence-electron chi connectivity index (χ4n) is 1.14. The molecule has 0 heterocycles. The van der Waals surface area contributed by atoms with Gasteiger partial charge >= 0.3 is 6.09 Å². The fraction of sp³-hybridized carbons (Fsp3) is 0.727. The van der Waals surface area contributed by atoms with Gasteiger partial charge in [0.25, 0.3) is 0 Å². The van der Waals surface area contributed by atoms with E-state index in [1.165, 1.54) is 0 Å². The number of ether oxygens (including phenoxy) is 1. The van der Waals surface area contributed by atoms with Crippen molar-refractivity contribution < 1.29 is 14.3 Å². The van der Waals surface area contributed by atoms with E-state index in [9.17, 15) is 9.59 Å². The van der Waals surface area contributed by atoms with E-state index in [1.807, 2.05) is 0 Å². The Morgan fingerprint density at radius 1 is 1.50 bits per heavy atom. The van der Waals surface area contributed by atoms with Crippen molar-refractivity contribution in [2.75, 3.05) is 6.54 Å². The van der Waals surface area contributed by atoms with Crippen molar-refractivity contribution in [2.45, 2.75) is 45.3 Å². The van der Waals surface area contributed by atoms with Crippen molar-refractivity contribution >= 4 is 18.3 Å². The van der Waals surface area contributed by atoms with Gasteiger partial charge in [-0.1, -0.05) is 0 Å². The van der Waals surface area contributed by atoms with E-state index < -0.39 is 17.7 Å². The molecule has 0 aromatic rings. The lowest BCUT2D eigenvalue weighted by Crippen LogP contribution is -2.40. The molecule has 7 heteroatoms. The van der Waals surface area contributed by atoms with Crippen LogP contribution >= 0.6 is 0 Å². The van der Waals surface area contributed by atoms with Gasteiger partial charge in [0, 0.05) is 6.54 Å². The highest BCUT2D eigenvalue weighted by atomic mass is 16.6. The first-order chi connectivity index (χ1) is 8.24. The van der Waals surface area contributed by atoms with Crippen molar-refractivity contribution in [2.24, 2.45) is 5.73 Å². The van der Waals surface area contributed by atoms with Gasteiger partial charge in [-0.15, -0.1) is 0 Å². The predicted octanol–water partition coefficient (Wildman–Crippen LogP) is 0.253. The summed E-state index contributed by atoms with van der Waals surface area (Å²) in [4.78, 5) is 22.0. The number of rotatable bonds is 6. The third kappa shape index (κ3) is 9.44. The number of nitrogens with one attached hydrogen (secondary N) is 3. The van der Waals surface area contributed by atoms with Gasteiger partial charge in [-0.2, -0.15) is 0 Å². The standard InChI is InChI=1S/C11H21N4O3/c1-11(2,3)18-10(17)15-8(7-16)5-4-6-14-9(12)13/h8H,4-6H2,1-3H3,(H,15,17)(H4,12,13,14)/t8-/m0/s1. The second-order valence-corrected chi connectivity index (χ2v) is 4.80. The van der Waals surface area contributed by atoms with Crippen molar-refractivity contribution in [1.29, 1.82) is 5.41 Å². The van der Waals surface area contributed by atoms with Gasteiger partial charge in [0.1, 0.15) is 5.60 Å². The molecule has 0 fully saturated rings. The summed E-state index contributed by atoms with van der Waals surface area (Å²) in [6, 6.07) is -0.714. The molecule has 0 bridgehead atoms. The summed E-state index contributed by atoms with van der Waals surface area (Å²) < 4.78 is 5.02. The van der Waals surface area contributed by atoms with E-state index in [1.54, 1.807) is 27.1 Å². The van der Waals surface area contributed by atoms with E-state index in [2.05, 4.69) is 10.6 Å². The van der Waals surface area contributed by atoms with Crippen LogP contribution in [0, 0.1) is 5.41 Å². The quantitative estimate of drug-likeness (QED) is 0.309. The van der Waals surface area contributed by atoms with Crippen LogP contribution in [0.1, 0.15) is 33.6 Å². The molecule has 0 spiro atoms. The van der Waals surface area contributed by atoms with Crippen LogP contribution in [-0.2, 0) is 9.53 Å². The van der Waals surface area contributed by atoms with Crippen LogP contribution in [-0.4, -0.2) is 36.5 Å². The molecule has 5 N–H and O–H groups in total. The molecular weight excluding hydrogens is 236 g/mol. The molecule has 103 valence electrons. The lowest BCUT2D eigenvalue weighted by molar-refractivity contribution is 0.0515. The lowest BCUT2D eigenvalue weighted by Gasteiger charge is -2.21. The van der Waals surface area contributed by atoms with E-state index in [0.717, 1.165) is 0 Å². The zero-order valence-electron chi connectivity index (χ0n) is 11.0. The largest absolute Gasteiger partial charge is 0.444 e. The Morgan fingerprint density at radius 3 is 2.56 bits per heavy atom. The highest BCUT2D eigenvalue weighted by Crippen LogP contribution is 2.07. The molecule has 0 unspecified atom stereocenters. The summed E-state index contributed by atoms with van der Waals surface area (Å²) in [7, 11) is 0. The minimum Gasteiger partial charge on any atom is -0.444 e. The van der Waals surface area contributed by atoms with E-state index in [4.69, 9.17) is 15.9 Å². The number of alkyl carbamates (subject to hydrolysis) is 1. The molecule has 0 aliphatic carbocycles. The molecule has 1 atom stereocenters. The molecule has 0 aromatic carbocycles. The number of hydrogen-bond acceptors (Lipinski definition) is 4. The molecule has 1 amide bonds. The lowest BCUT2D eigenvalue weighted by atomic mass is 10.2. The number of hydrogen-bond donors (Lipinski definition) is 4. The molecule has 18 heavy (non-hydrogen) atoms. The highest BCUT2D eigenvalue weighted by molar-refractivity contribution is 5.74. The van der Waals surface area contributed by atoms with Crippen LogP contribution in [0.2, 0.25) is 0 Å². The average molecular weight is 257 g/mol. The second-order valence-electron chi connectivity index (χ2n) is 4.80. The summed E-state index contributed by atoms with van der Waals surface area (Å²) in [6.07, 6.45) is 2.07. The second kappa shape index (κ2) is 7.52. The number of carbonyl (C=O) groups excluding carboxylic acids is 2. The van der Waals surface area contributed by atoms with Crippen molar-refractivity contribution in [3.8, 4) is 0 Å². The molecular formula is C11H21N4O3. The molecule has 0 aliphatic rings. The molecule has 1 radical (unpaired) electrons. The molecule has 0 saturated heterocycles. The van der Waals surface area contributed by atoms with Gasteiger partial charge in [-0.25, -0.2) is 4.79 Å². The van der Waals surface area contributed by atoms with Crippen LogP contribution in [0.25, 0.3) is 0 Å². The Hall–Kier alpha value is -1.79.